The van der Waals surface area contributed by atoms with Crippen LogP contribution in [-0.4, -0.2) is 47.4 Å². The molecule has 0 spiro atoms. The number of ether oxygens (including phenoxy) is 1. The van der Waals surface area contributed by atoms with Gasteiger partial charge in [-0.05, 0) is 43.9 Å². The molecule has 1 aliphatic rings. The number of nitrogens with zero attached hydrogens (tertiary/aromatic N) is 2. The van der Waals surface area contributed by atoms with Gasteiger partial charge < -0.3 is 19.0 Å². The number of unbranched alkanes of at least 4 members (excludes halogenated alkanes) is 2. The topological polar surface area (TPSA) is 80.1 Å². The normalized spacial score (nSPS) is 15.1. The predicted octanol–water partition coefficient (Wildman–Crippen LogP) is 5.22. The van der Waals surface area contributed by atoms with Gasteiger partial charge in [-0.2, -0.15) is 0 Å². The Morgan fingerprint density at radius 3 is 2.55 bits per heavy atom. The van der Waals surface area contributed by atoms with Crippen molar-refractivity contribution in [2.45, 2.75) is 71.6 Å². The first kappa shape index (κ1) is 27.6. The highest BCUT2D eigenvalue weighted by Crippen LogP contribution is 2.18. The van der Waals surface area contributed by atoms with Crippen molar-refractivity contribution >= 4 is 22.8 Å². The van der Waals surface area contributed by atoms with E-state index >= 15 is 0 Å². The highest BCUT2D eigenvalue weighted by molar-refractivity contribution is 5.85. The molecule has 0 radical (unpaired) electrons. The van der Waals surface area contributed by atoms with Gasteiger partial charge in [0.05, 0.1) is 36.4 Å². The van der Waals surface area contributed by atoms with E-state index in [2.05, 4.69) is 6.92 Å². The number of carbonyl (C=O) groups is 2. The van der Waals surface area contributed by atoms with Gasteiger partial charge >= 0.3 is 0 Å². The molecule has 0 N–H and O–H groups in total. The second-order valence-corrected chi connectivity index (χ2v) is 10.2. The number of aryl methyl sites for hydroxylation is 1. The maximum absolute atomic E-state index is 13.8. The van der Waals surface area contributed by atoms with Crippen molar-refractivity contribution < 1.29 is 18.7 Å². The Kier molecular flexibility index (Phi) is 9.71. The van der Waals surface area contributed by atoms with E-state index in [9.17, 15) is 14.4 Å². The van der Waals surface area contributed by atoms with Crippen LogP contribution in [0.1, 0.15) is 62.1 Å². The molecule has 1 saturated heterocycles. The number of amides is 2. The molecule has 1 fully saturated rings. The summed E-state index contributed by atoms with van der Waals surface area (Å²) >= 11 is 0. The number of hydrogen-bond donors (Lipinski definition) is 0. The lowest BCUT2D eigenvalue weighted by molar-refractivity contribution is -0.142. The van der Waals surface area contributed by atoms with Crippen molar-refractivity contribution in [3.8, 4) is 0 Å². The molecule has 202 valence electrons. The molecule has 2 amide bonds. The van der Waals surface area contributed by atoms with E-state index in [-0.39, 0.29) is 36.4 Å². The van der Waals surface area contributed by atoms with Crippen molar-refractivity contribution in [1.29, 1.82) is 0 Å². The first-order valence-electron chi connectivity index (χ1n) is 13.7. The third-order valence-electron chi connectivity index (χ3n) is 7.05. The summed E-state index contributed by atoms with van der Waals surface area (Å²) in [4.78, 5) is 43.5. The molecule has 38 heavy (non-hydrogen) atoms. The lowest BCUT2D eigenvalue weighted by Gasteiger charge is -2.29. The molecule has 1 aliphatic heterocycles. The summed E-state index contributed by atoms with van der Waals surface area (Å²) in [6, 6.07) is 15.2. The maximum atomic E-state index is 13.8. The highest BCUT2D eigenvalue weighted by Gasteiger charge is 2.27. The number of benzene rings is 2. The minimum Gasteiger partial charge on any atom is -0.464 e. The fraction of sp³-hybridized carbons (Fsp3) is 0.452. The van der Waals surface area contributed by atoms with Gasteiger partial charge in [0.1, 0.15) is 5.58 Å². The van der Waals surface area contributed by atoms with Gasteiger partial charge in [-0.25, -0.2) is 0 Å². The molecule has 1 unspecified atom stereocenters. The lowest BCUT2D eigenvalue weighted by atomic mass is 10.1. The second kappa shape index (κ2) is 13.4. The summed E-state index contributed by atoms with van der Waals surface area (Å²) in [5.74, 6) is -0.234. The van der Waals surface area contributed by atoms with Crippen LogP contribution >= 0.6 is 0 Å². The van der Waals surface area contributed by atoms with Crippen LogP contribution in [0.2, 0.25) is 0 Å². The van der Waals surface area contributed by atoms with E-state index in [0.717, 1.165) is 43.2 Å². The molecule has 0 bridgehead atoms. The molecule has 2 aromatic carbocycles. The smallest absolute Gasteiger partial charge is 0.242 e. The Bertz CT molecular complexity index is 1280. The molecule has 0 aliphatic carbocycles. The number of rotatable bonds is 12. The minimum absolute atomic E-state index is 0.0253. The van der Waals surface area contributed by atoms with Crippen LogP contribution in [0, 0.1) is 6.92 Å². The summed E-state index contributed by atoms with van der Waals surface area (Å²) in [6.45, 7) is 5.50. The van der Waals surface area contributed by atoms with Gasteiger partial charge in [0, 0.05) is 26.1 Å². The van der Waals surface area contributed by atoms with E-state index in [1.807, 2.05) is 49.4 Å². The quantitative estimate of drug-likeness (QED) is 0.307. The van der Waals surface area contributed by atoms with Gasteiger partial charge in [-0.15, -0.1) is 0 Å². The molecule has 4 rings (SSSR count). The molecule has 1 aromatic heterocycles. The highest BCUT2D eigenvalue weighted by atomic mass is 16.5. The van der Waals surface area contributed by atoms with Crippen molar-refractivity contribution in [1.82, 2.24) is 9.80 Å². The Labute approximate surface area is 224 Å². The average molecular weight is 519 g/mol. The fourth-order valence-corrected chi connectivity index (χ4v) is 4.87. The van der Waals surface area contributed by atoms with Crippen LogP contribution in [-0.2, 0) is 27.4 Å². The minimum atomic E-state index is -0.209. The zero-order valence-electron chi connectivity index (χ0n) is 22.5. The van der Waals surface area contributed by atoms with E-state index in [4.69, 9.17) is 9.15 Å². The SMILES string of the molecule is CCCCCC(=O)N(CC(=O)N(Cc1ccccc1)Cc1coc2ccc(C)cc2c1=O)CC1CCCO1. The summed E-state index contributed by atoms with van der Waals surface area (Å²) in [6.07, 6.45) is 6.48. The van der Waals surface area contributed by atoms with Crippen molar-refractivity contribution in [2.75, 3.05) is 19.7 Å². The zero-order chi connectivity index (χ0) is 26.9. The van der Waals surface area contributed by atoms with Crippen LogP contribution in [0.25, 0.3) is 11.0 Å². The Morgan fingerprint density at radius 1 is 1.00 bits per heavy atom. The average Bonchev–Trinajstić information content (AvgIpc) is 3.43. The number of hydrogen-bond acceptors (Lipinski definition) is 5. The first-order chi connectivity index (χ1) is 18.4. The van der Waals surface area contributed by atoms with Crippen LogP contribution in [0.3, 0.4) is 0 Å². The van der Waals surface area contributed by atoms with Gasteiger partial charge in [-0.1, -0.05) is 61.7 Å². The summed E-state index contributed by atoms with van der Waals surface area (Å²) < 4.78 is 11.5. The van der Waals surface area contributed by atoms with Crippen LogP contribution in [0.15, 0.2) is 64.0 Å². The zero-order valence-corrected chi connectivity index (χ0v) is 22.5. The molecular formula is C31H38N2O5. The summed E-state index contributed by atoms with van der Waals surface area (Å²) in [7, 11) is 0. The first-order valence-corrected chi connectivity index (χ1v) is 13.7. The molecular weight excluding hydrogens is 480 g/mol. The summed E-state index contributed by atoms with van der Waals surface area (Å²) in [5, 5.41) is 0.501. The maximum Gasteiger partial charge on any atom is 0.242 e. The fourth-order valence-electron chi connectivity index (χ4n) is 4.87. The van der Waals surface area contributed by atoms with E-state index < -0.39 is 0 Å². The molecule has 7 heteroatoms. The number of fused-ring (bicyclic) bond motifs is 1. The van der Waals surface area contributed by atoms with Crippen molar-refractivity contribution in [3.63, 3.8) is 0 Å². The van der Waals surface area contributed by atoms with E-state index in [1.165, 1.54) is 6.26 Å². The van der Waals surface area contributed by atoms with Crippen LogP contribution in [0.4, 0.5) is 0 Å². The largest absolute Gasteiger partial charge is 0.464 e. The van der Waals surface area contributed by atoms with Crippen molar-refractivity contribution in [2.24, 2.45) is 0 Å². The standard InChI is InChI=1S/C31H38N2O5/c1-3-4-6-13-29(34)33(20-26-12-9-16-37-26)21-30(35)32(18-24-10-7-5-8-11-24)19-25-22-38-28-15-14-23(2)17-27(28)31(25)36/h5,7-8,10-11,14-15,17,22,26H,3-4,6,9,12-13,16,18-21H2,1-2H3. The number of carbonyl (C=O) groups excluding carboxylic acids is 2. The lowest BCUT2D eigenvalue weighted by Crippen LogP contribution is -2.45. The molecule has 3 aromatic rings. The molecule has 2 heterocycles. The van der Waals surface area contributed by atoms with Gasteiger partial charge in [0.2, 0.25) is 11.8 Å². The molecule has 7 nitrogen and oxygen atoms in total. The predicted molar refractivity (Wildman–Crippen MR) is 148 cm³/mol. The van der Waals surface area contributed by atoms with E-state index in [1.54, 1.807) is 15.9 Å². The Morgan fingerprint density at radius 2 is 1.82 bits per heavy atom. The Hall–Kier alpha value is -3.45. The van der Waals surface area contributed by atoms with Crippen LogP contribution < -0.4 is 5.43 Å². The van der Waals surface area contributed by atoms with Gasteiger partial charge in [-0.3, -0.25) is 14.4 Å². The van der Waals surface area contributed by atoms with Crippen LogP contribution in [0.5, 0.6) is 0 Å². The Balaban J connectivity index is 1.58. The van der Waals surface area contributed by atoms with Gasteiger partial charge in [0.25, 0.3) is 0 Å². The summed E-state index contributed by atoms with van der Waals surface area (Å²) in [5.41, 5.74) is 2.69. The monoisotopic (exact) mass is 518 g/mol. The van der Waals surface area contributed by atoms with Gasteiger partial charge in [0.15, 0.2) is 5.43 Å². The third kappa shape index (κ3) is 7.32. The third-order valence-corrected chi connectivity index (χ3v) is 7.05. The molecule has 1 atom stereocenters. The van der Waals surface area contributed by atoms with E-state index in [0.29, 0.717) is 42.6 Å². The molecule has 0 saturated carbocycles. The van der Waals surface area contributed by atoms with Crippen molar-refractivity contribution in [3.05, 3.63) is 81.7 Å². The second-order valence-electron chi connectivity index (χ2n) is 10.2.